The molecule has 42 valence electrons. The minimum atomic E-state index is 0.230. The van der Waals surface area contributed by atoms with Crippen LogP contribution in [0.1, 0.15) is 20.3 Å². The molecule has 0 rings (SSSR count). The number of rotatable bonds is 3. The first kappa shape index (κ1) is 6.96. The van der Waals surface area contributed by atoms with Crippen LogP contribution in [0, 0.1) is 0 Å². The van der Waals surface area contributed by atoms with Gasteiger partial charge in [0.1, 0.15) is 0 Å². The molecule has 0 aromatic heterocycles. The summed E-state index contributed by atoms with van der Waals surface area (Å²) in [4.78, 5) is 0. The first-order valence-electron chi connectivity index (χ1n) is 3.06. The van der Waals surface area contributed by atoms with E-state index in [1.165, 1.54) is 12.5 Å². The van der Waals surface area contributed by atoms with E-state index in [0.29, 0.717) is 0 Å². The molecule has 0 aromatic carbocycles. The highest BCUT2D eigenvalue weighted by molar-refractivity contribution is 6.41. The van der Waals surface area contributed by atoms with E-state index in [1.54, 1.807) is 0 Å². The van der Waals surface area contributed by atoms with Gasteiger partial charge in [-0.05, 0) is 6.42 Å². The Morgan fingerprint density at radius 3 is 2.57 bits per heavy atom. The van der Waals surface area contributed by atoms with E-state index in [-0.39, 0.29) is 9.52 Å². The van der Waals surface area contributed by atoms with Gasteiger partial charge in [0.05, 0.1) is 0 Å². The van der Waals surface area contributed by atoms with E-state index in [1.807, 2.05) is 0 Å². The summed E-state index contributed by atoms with van der Waals surface area (Å²) in [7, 11) is 0.230. The first-order valence-corrected chi connectivity index (χ1v) is 4.88. The lowest BCUT2D eigenvalue weighted by Gasteiger charge is -1.78. The average Bonchev–Trinajstić information content (AvgIpc) is 1.69. The molecule has 0 aliphatic carbocycles. The van der Waals surface area contributed by atoms with Gasteiger partial charge >= 0.3 is 0 Å². The first-order chi connectivity index (χ1) is 3.41. The molecule has 0 atom stereocenters. The molecule has 0 aromatic rings. The van der Waals surface area contributed by atoms with Gasteiger partial charge in [-0.3, -0.25) is 0 Å². The molecule has 0 saturated carbocycles. The molecule has 0 spiro atoms. The molecule has 0 amide bonds. The van der Waals surface area contributed by atoms with Crippen LogP contribution >= 0.6 is 0 Å². The van der Waals surface area contributed by atoms with E-state index in [0.717, 1.165) is 0 Å². The Balaban J connectivity index is 2.78. The molecule has 1 heteroatoms. The summed E-state index contributed by atoms with van der Waals surface area (Å²) < 4.78 is 0. The molecule has 0 nitrogen and oxygen atoms in total. The highest BCUT2D eigenvalue weighted by Gasteiger charge is 1.69. The zero-order valence-corrected chi connectivity index (χ0v) is 6.69. The fraction of sp³-hybridized carbons (Fsp3) is 0.667. The average molecular weight is 114 g/mol. The van der Waals surface area contributed by atoms with E-state index < -0.39 is 0 Å². The molecule has 0 heterocycles. The quantitative estimate of drug-likeness (QED) is 0.488. The third-order valence-corrected chi connectivity index (χ3v) is 2.10. The van der Waals surface area contributed by atoms with Crippen LogP contribution in [0.15, 0.2) is 11.8 Å². The fourth-order valence-electron chi connectivity index (χ4n) is 0.451. The fourth-order valence-corrected chi connectivity index (χ4v) is 1.35. The summed E-state index contributed by atoms with van der Waals surface area (Å²) in [6.07, 6.45) is 3.49. The van der Waals surface area contributed by atoms with Crippen molar-refractivity contribution in [3.05, 3.63) is 11.8 Å². The molecule has 0 aliphatic heterocycles. The Labute approximate surface area is 48.4 Å². The van der Waals surface area contributed by atoms with Gasteiger partial charge < -0.3 is 0 Å². The highest BCUT2D eigenvalue weighted by atomic mass is 28.2. The summed E-state index contributed by atoms with van der Waals surface area (Å²) in [5, 5.41) is 0. The summed E-state index contributed by atoms with van der Waals surface area (Å²) in [6.45, 7) is 4.44. The van der Waals surface area contributed by atoms with Crippen molar-refractivity contribution < 1.29 is 0 Å². The van der Waals surface area contributed by atoms with Crippen molar-refractivity contribution >= 4 is 9.52 Å². The highest BCUT2D eigenvalue weighted by Crippen LogP contribution is 1.79. The second kappa shape index (κ2) is 5.96. The van der Waals surface area contributed by atoms with Crippen LogP contribution in [-0.4, -0.2) is 9.52 Å². The van der Waals surface area contributed by atoms with Gasteiger partial charge in [0, 0.05) is 9.52 Å². The van der Waals surface area contributed by atoms with Crippen LogP contribution in [0.3, 0.4) is 0 Å². The lowest BCUT2D eigenvalue weighted by atomic mass is 10.5. The molecule has 0 N–H and O–H groups in total. The maximum atomic E-state index is 2.38. The third kappa shape index (κ3) is 5.96. The number of hydrogen-bond donors (Lipinski definition) is 0. The Kier molecular flexibility index (Phi) is 5.92. The zero-order chi connectivity index (χ0) is 5.54. The lowest BCUT2D eigenvalue weighted by molar-refractivity contribution is 1.23. The van der Waals surface area contributed by atoms with Gasteiger partial charge in [-0.15, -0.1) is 5.70 Å². The van der Waals surface area contributed by atoms with Gasteiger partial charge in [-0.25, -0.2) is 0 Å². The van der Waals surface area contributed by atoms with E-state index in [2.05, 4.69) is 25.6 Å². The third-order valence-electron chi connectivity index (χ3n) is 0.858. The molecule has 7 heavy (non-hydrogen) atoms. The SMILES string of the molecule is CCC=C[SiH2]CC. The molecule has 0 unspecified atom stereocenters. The van der Waals surface area contributed by atoms with Crippen LogP contribution in [-0.2, 0) is 0 Å². The zero-order valence-electron chi connectivity index (χ0n) is 5.28. The minimum Gasteiger partial charge on any atom is -0.105 e. The van der Waals surface area contributed by atoms with Crippen molar-refractivity contribution in [3.63, 3.8) is 0 Å². The van der Waals surface area contributed by atoms with Crippen molar-refractivity contribution in [1.82, 2.24) is 0 Å². The molecule has 0 fully saturated rings. The molecule has 0 aliphatic rings. The molecular formula is C6H14Si. The van der Waals surface area contributed by atoms with Crippen LogP contribution in [0.2, 0.25) is 6.04 Å². The molecule has 0 bridgehead atoms. The van der Waals surface area contributed by atoms with Gasteiger partial charge in [-0.1, -0.05) is 26.0 Å². The predicted molar refractivity (Wildman–Crippen MR) is 38.5 cm³/mol. The maximum Gasteiger partial charge on any atom is 0.0447 e. The van der Waals surface area contributed by atoms with Gasteiger partial charge in [0.25, 0.3) is 0 Å². The Morgan fingerprint density at radius 2 is 2.14 bits per heavy atom. The normalized spacial score (nSPS) is 12.3. The van der Waals surface area contributed by atoms with E-state index in [9.17, 15) is 0 Å². The van der Waals surface area contributed by atoms with Gasteiger partial charge in [-0.2, -0.15) is 0 Å². The van der Waals surface area contributed by atoms with Gasteiger partial charge in [0.15, 0.2) is 0 Å². The second-order valence-corrected chi connectivity index (χ2v) is 3.72. The van der Waals surface area contributed by atoms with E-state index >= 15 is 0 Å². The van der Waals surface area contributed by atoms with Gasteiger partial charge in [0.2, 0.25) is 0 Å². The van der Waals surface area contributed by atoms with Crippen molar-refractivity contribution in [2.75, 3.05) is 0 Å². The van der Waals surface area contributed by atoms with Crippen molar-refractivity contribution in [3.8, 4) is 0 Å². The van der Waals surface area contributed by atoms with Crippen molar-refractivity contribution in [2.45, 2.75) is 26.3 Å². The monoisotopic (exact) mass is 114 g/mol. The maximum absolute atomic E-state index is 2.38. The molecule has 0 saturated heterocycles. The number of hydrogen-bond acceptors (Lipinski definition) is 0. The van der Waals surface area contributed by atoms with Crippen LogP contribution < -0.4 is 0 Å². The molecular weight excluding hydrogens is 100 g/mol. The van der Waals surface area contributed by atoms with Crippen molar-refractivity contribution in [1.29, 1.82) is 0 Å². The Hall–Kier alpha value is -0.0431. The van der Waals surface area contributed by atoms with E-state index in [4.69, 9.17) is 0 Å². The Morgan fingerprint density at radius 1 is 1.43 bits per heavy atom. The Bertz CT molecular complexity index is 48.1. The second-order valence-electron chi connectivity index (χ2n) is 1.67. The largest absolute Gasteiger partial charge is 0.105 e. The van der Waals surface area contributed by atoms with Crippen LogP contribution in [0.4, 0.5) is 0 Å². The van der Waals surface area contributed by atoms with Crippen LogP contribution in [0.5, 0.6) is 0 Å². The summed E-state index contributed by atoms with van der Waals surface area (Å²) >= 11 is 0. The smallest absolute Gasteiger partial charge is 0.0447 e. The summed E-state index contributed by atoms with van der Waals surface area (Å²) in [6, 6.07) is 1.41. The van der Waals surface area contributed by atoms with Crippen molar-refractivity contribution in [2.24, 2.45) is 0 Å². The standard InChI is InChI=1S/C6H14Si/c1-3-5-6-7-4-2/h5-6H,3-4,7H2,1-2H3. The summed E-state index contributed by atoms with van der Waals surface area (Å²) in [5.41, 5.74) is 2.38. The number of allylic oxidation sites excluding steroid dienone is 1. The minimum absolute atomic E-state index is 0.230. The lowest BCUT2D eigenvalue weighted by Crippen LogP contribution is -1.75. The molecule has 0 radical (unpaired) electrons. The van der Waals surface area contributed by atoms with Crippen LogP contribution in [0.25, 0.3) is 0 Å². The topological polar surface area (TPSA) is 0 Å². The summed E-state index contributed by atoms with van der Waals surface area (Å²) in [5.74, 6) is 0. The predicted octanol–water partition coefficient (Wildman–Crippen LogP) is 1.52.